The number of nitrogens with zero attached hydrogens (tertiary/aromatic N) is 5. The van der Waals surface area contributed by atoms with Gasteiger partial charge in [0, 0.05) is 31.5 Å². The van der Waals surface area contributed by atoms with Crippen molar-refractivity contribution >= 4 is 5.84 Å². The molecule has 134 valence electrons. The zero-order valence-electron chi connectivity index (χ0n) is 15.3. The molecule has 0 saturated heterocycles. The number of allylic oxidation sites excluding steroid dienone is 2. The van der Waals surface area contributed by atoms with Crippen molar-refractivity contribution < 1.29 is 14.8 Å². The topological polar surface area (TPSA) is 89.4 Å². The van der Waals surface area contributed by atoms with Gasteiger partial charge in [0.2, 0.25) is 0 Å². The predicted molar refractivity (Wildman–Crippen MR) is 96.7 cm³/mol. The second-order valence-corrected chi connectivity index (χ2v) is 4.92. The first kappa shape index (κ1) is 20.0. The van der Waals surface area contributed by atoms with Gasteiger partial charge in [-0.05, 0) is 13.0 Å². The maximum absolute atomic E-state index is 5.20. The maximum Gasteiger partial charge on any atom is 0.170 e. The lowest BCUT2D eigenvalue weighted by atomic mass is 10.4. The van der Waals surface area contributed by atoms with Gasteiger partial charge in [-0.25, -0.2) is 0 Å². The molecule has 0 aliphatic carbocycles. The van der Waals surface area contributed by atoms with Gasteiger partial charge in [0.25, 0.3) is 0 Å². The quantitative estimate of drug-likeness (QED) is 0.202. The third kappa shape index (κ3) is 7.40. The summed E-state index contributed by atoms with van der Waals surface area (Å²) in [7, 11) is 6.97. The van der Waals surface area contributed by atoms with E-state index in [2.05, 4.69) is 27.0 Å². The van der Waals surface area contributed by atoms with Gasteiger partial charge in [0.05, 0.1) is 33.2 Å². The van der Waals surface area contributed by atoms with Gasteiger partial charge in [-0.1, -0.05) is 6.58 Å². The van der Waals surface area contributed by atoms with Gasteiger partial charge < -0.3 is 19.4 Å². The van der Waals surface area contributed by atoms with Crippen LogP contribution in [0.3, 0.4) is 0 Å². The number of azo groups is 1. The van der Waals surface area contributed by atoms with Crippen molar-refractivity contribution in [2.45, 2.75) is 6.92 Å². The van der Waals surface area contributed by atoms with Crippen molar-refractivity contribution in [1.82, 2.24) is 4.57 Å². The first-order valence-electron chi connectivity index (χ1n) is 7.61. The molecule has 0 aliphatic heterocycles. The summed E-state index contributed by atoms with van der Waals surface area (Å²) in [5.74, 6) is 1.73. The molecule has 8 nitrogen and oxygen atoms in total. The smallest absolute Gasteiger partial charge is 0.170 e. The van der Waals surface area contributed by atoms with Crippen LogP contribution in [0.15, 0.2) is 75.1 Å². The second kappa shape index (κ2) is 10.7. The number of hydrogen-bond acceptors (Lipinski definition) is 5. The molecule has 0 aromatic carbocycles. The lowest BCUT2D eigenvalue weighted by Crippen LogP contribution is -2.72. The number of hydrogen-bond donors (Lipinski definition) is 1. The Hall–Kier alpha value is -3.00. The van der Waals surface area contributed by atoms with Crippen molar-refractivity contribution in [3.05, 3.63) is 60.2 Å². The summed E-state index contributed by atoms with van der Waals surface area (Å²) in [5, 5.41) is 18.1. The summed E-state index contributed by atoms with van der Waals surface area (Å²) in [5.41, 5.74) is 1.08. The van der Waals surface area contributed by atoms with E-state index in [0.717, 1.165) is 0 Å². The van der Waals surface area contributed by atoms with Crippen LogP contribution in [0.4, 0.5) is 0 Å². The Morgan fingerprint density at radius 1 is 1.32 bits per heavy atom. The van der Waals surface area contributed by atoms with Gasteiger partial charge in [-0.2, -0.15) is 0 Å². The highest BCUT2D eigenvalue weighted by Gasteiger charge is 1.95. The van der Waals surface area contributed by atoms with E-state index in [4.69, 9.17) is 9.47 Å². The summed E-state index contributed by atoms with van der Waals surface area (Å²) in [6.45, 7) is 5.51. The van der Waals surface area contributed by atoms with Gasteiger partial charge in [0.1, 0.15) is 11.5 Å². The zero-order valence-corrected chi connectivity index (χ0v) is 15.3. The van der Waals surface area contributed by atoms with E-state index in [-0.39, 0.29) is 0 Å². The van der Waals surface area contributed by atoms with E-state index in [1.165, 1.54) is 0 Å². The van der Waals surface area contributed by atoms with Gasteiger partial charge >= 0.3 is 0 Å². The van der Waals surface area contributed by atoms with E-state index in [1.807, 2.05) is 42.4 Å². The van der Waals surface area contributed by atoms with Crippen molar-refractivity contribution in [2.24, 2.45) is 27.5 Å². The average molecular weight is 345 g/mol. The van der Waals surface area contributed by atoms with Crippen LogP contribution >= 0.6 is 0 Å². The Bertz CT molecular complexity index is 772. The number of pyridine rings is 1. The molecule has 0 unspecified atom stereocenters. The van der Waals surface area contributed by atoms with E-state index in [0.29, 0.717) is 28.5 Å². The Kier molecular flexibility index (Phi) is 8.59. The molecular weight excluding hydrogens is 320 g/mol. The minimum Gasteiger partial charge on any atom is -0.497 e. The van der Waals surface area contributed by atoms with Crippen LogP contribution < -0.4 is 15.5 Å². The molecule has 2 N–H and O–H groups in total. The first-order chi connectivity index (χ1) is 12.0. The summed E-state index contributed by atoms with van der Waals surface area (Å²) in [6.07, 6.45) is 7.18. The first-order valence-corrected chi connectivity index (χ1v) is 7.61. The molecule has 0 atom stereocenters. The maximum atomic E-state index is 5.20. The number of methoxy groups -OCH3 is 2. The van der Waals surface area contributed by atoms with Crippen molar-refractivity contribution in [2.75, 3.05) is 21.3 Å². The molecule has 8 heteroatoms. The number of ether oxygens (including phenoxy) is 2. The third-order valence-electron chi connectivity index (χ3n) is 2.95. The molecule has 0 fully saturated rings. The fraction of sp³-hybridized carbons (Fsp3) is 0.294. The zero-order chi connectivity index (χ0) is 18.7. The molecule has 1 heterocycles. The number of amidine groups is 1. The molecule has 1 aromatic heterocycles. The molecular formula is C17H25N6O2+. The van der Waals surface area contributed by atoms with Crippen molar-refractivity contribution in [3.63, 3.8) is 0 Å². The highest BCUT2D eigenvalue weighted by atomic mass is 16.5. The molecule has 0 amide bonds. The molecule has 0 saturated carbocycles. The number of quaternary nitrogens is 1. The Balaban J connectivity index is 2.89. The summed E-state index contributed by atoms with van der Waals surface area (Å²) < 4.78 is 12.2. The van der Waals surface area contributed by atoms with E-state index in [1.54, 1.807) is 39.4 Å². The Labute approximate surface area is 147 Å². The van der Waals surface area contributed by atoms with Crippen LogP contribution in [0.2, 0.25) is 0 Å². The predicted octanol–water partition coefficient (Wildman–Crippen LogP) is 1.47. The number of rotatable bonds is 7. The number of aryl methyl sites for hydroxylation is 1. The number of nitrogens with two attached hydrogens (primary N) is 1. The highest BCUT2D eigenvalue weighted by molar-refractivity contribution is 5.79. The SMILES string of the molecule is C=C(/C=C(\C=C/[NH2+]C)OC)N=N/C(C)=N/N=c1\cc(OC)ccn1C. The molecule has 1 rings (SSSR count). The second-order valence-electron chi connectivity index (χ2n) is 4.92. The van der Waals surface area contributed by atoms with Crippen LogP contribution in [-0.2, 0) is 11.8 Å². The van der Waals surface area contributed by atoms with Crippen LogP contribution in [0, 0.1) is 0 Å². The Morgan fingerprint density at radius 3 is 2.72 bits per heavy atom. The molecule has 0 aliphatic rings. The summed E-state index contributed by atoms with van der Waals surface area (Å²) >= 11 is 0. The van der Waals surface area contributed by atoms with E-state index < -0.39 is 0 Å². The van der Waals surface area contributed by atoms with E-state index in [9.17, 15) is 0 Å². The van der Waals surface area contributed by atoms with Crippen LogP contribution in [-0.4, -0.2) is 31.7 Å². The molecule has 0 bridgehead atoms. The number of aromatic nitrogens is 1. The monoisotopic (exact) mass is 345 g/mol. The lowest BCUT2D eigenvalue weighted by Gasteiger charge is -2.01. The van der Waals surface area contributed by atoms with Crippen LogP contribution in [0.1, 0.15) is 6.92 Å². The minimum atomic E-state index is 0.397. The summed E-state index contributed by atoms with van der Waals surface area (Å²) in [4.78, 5) is 0. The molecule has 25 heavy (non-hydrogen) atoms. The fourth-order valence-electron chi connectivity index (χ4n) is 1.60. The minimum absolute atomic E-state index is 0.397. The molecule has 0 spiro atoms. The van der Waals surface area contributed by atoms with Crippen LogP contribution in [0.25, 0.3) is 0 Å². The third-order valence-corrected chi connectivity index (χ3v) is 2.95. The summed E-state index contributed by atoms with van der Waals surface area (Å²) in [6, 6.07) is 3.61. The molecule has 0 radical (unpaired) electrons. The van der Waals surface area contributed by atoms with Crippen LogP contribution in [0.5, 0.6) is 5.75 Å². The van der Waals surface area contributed by atoms with Crippen molar-refractivity contribution in [1.29, 1.82) is 0 Å². The van der Waals surface area contributed by atoms with Gasteiger partial charge in [0.15, 0.2) is 11.3 Å². The normalized spacial score (nSPS) is 13.7. The van der Waals surface area contributed by atoms with Gasteiger partial charge in [-0.3, -0.25) is 0 Å². The van der Waals surface area contributed by atoms with Crippen molar-refractivity contribution in [3.8, 4) is 5.75 Å². The van der Waals surface area contributed by atoms with Gasteiger partial charge in [-0.15, -0.1) is 20.4 Å². The average Bonchev–Trinajstić information content (AvgIpc) is 2.62. The standard InChI is InChI=1S/C17H24N6O2/c1-13(11-15(24-5)7-9-18-3)19-20-14(2)21-22-17-12-16(25-6)8-10-23(17)4/h7-12,18H,1H2,2-6H3/p+1/b9-7-,15-11+,20-19?,21-14+,22-17+. The largest absolute Gasteiger partial charge is 0.497 e. The van der Waals surface area contributed by atoms with E-state index >= 15 is 0 Å². The Morgan fingerprint density at radius 2 is 2.08 bits per heavy atom. The lowest BCUT2D eigenvalue weighted by molar-refractivity contribution is -0.556. The highest BCUT2D eigenvalue weighted by Crippen LogP contribution is 2.05. The molecule has 1 aromatic rings. The fourth-order valence-corrected chi connectivity index (χ4v) is 1.60.